The fraction of sp³-hybridized carbons (Fsp3) is 0.364. The second kappa shape index (κ2) is 11.8. The number of nitro benzene ring substituents is 1. The third-order valence-electron chi connectivity index (χ3n) is 5.61. The third kappa shape index (κ3) is 7.60. The average Bonchev–Trinajstić information content (AvgIpc) is 2.82. The number of halogens is 1. The molecule has 0 aliphatic carbocycles. The van der Waals surface area contributed by atoms with Gasteiger partial charge in [0, 0.05) is 34.7 Å². The van der Waals surface area contributed by atoms with Gasteiger partial charge in [0.25, 0.3) is 5.69 Å². The highest BCUT2D eigenvalue weighted by Crippen LogP contribution is 2.19. The van der Waals surface area contributed by atoms with Gasteiger partial charge >= 0.3 is 5.97 Å². The standard InChI is InChI=1S/C22H26IN5O6S/c23-17-5-9-19(10-6-17)35(32,33)26-20(12-15-3-7-18(8-4-15)28(30)31)21(29)34-14-16-2-1-11-27(13-16)22(24)25/h3-10,16,20,26H,1-2,11-14H2,(H3,24,25)/t16-,20-/m1/s1. The molecule has 0 bridgehead atoms. The molecule has 2 aromatic carbocycles. The number of benzene rings is 2. The molecular formula is C22H26IN5O6S. The first kappa shape index (κ1) is 26.8. The van der Waals surface area contributed by atoms with Gasteiger partial charge in [-0.15, -0.1) is 0 Å². The van der Waals surface area contributed by atoms with E-state index in [1.165, 1.54) is 36.4 Å². The molecule has 188 valence electrons. The Hall–Kier alpha value is -2.78. The molecule has 11 nitrogen and oxygen atoms in total. The first-order chi connectivity index (χ1) is 16.5. The highest BCUT2D eigenvalue weighted by Gasteiger charge is 2.29. The van der Waals surface area contributed by atoms with E-state index in [0.29, 0.717) is 18.7 Å². The monoisotopic (exact) mass is 615 g/mol. The number of carbonyl (C=O) groups is 1. The molecule has 2 atom stereocenters. The normalized spacial score (nSPS) is 16.9. The molecule has 1 saturated heterocycles. The van der Waals surface area contributed by atoms with Crippen LogP contribution in [0, 0.1) is 25.0 Å². The second-order valence-corrected chi connectivity index (χ2v) is 11.2. The quantitative estimate of drug-likeness (QED) is 0.0964. The molecule has 2 aromatic rings. The summed E-state index contributed by atoms with van der Waals surface area (Å²) in [6, 6.07) is 10.5. The van der Waals surface area contributed by atoms with Crippen molar-refractivity contribution in [1.82, 2.24) is 9.62 Å². The van der Waals surface area contributed by atoms with Gasteiger partial charge in [-0.1, -0.05) is 12.1 Å². The molecule has 1 aliphatic rings. The molecule has 13 heteroatoms. The van der Waals surface area contributed by atoms with E-state index >= 15 is 0 Å². The minimum atomic E-state index is -4.04. The minimum Gasteiger partial charge on any atom is -0.464 e. The van der Waals surface area contributed by atoms with Gasteiger partial charge in [-0.3, -0.25) is 20.3 Å². The second-order valence-electron chi connectivity index (χ2n) is 8.23. The molecule has 0 amide bonds. The number of ether oxygens (including phenoxy) is 1. The lowest BCUT2D eigenvalue weighted by atomic mass is 9.99. The van der Waals surface area contributed by atoms with Gasteiger partial charge in [-0.25, -0.2) is 8.42 Å². The fourth-order valence-electron chi connectivity index (χ4n) is 3.75. The van der Waals surface area contributed by atoms with Gasteiger partial charge in [-0.05, 0) is 71.7 Å². The lowest BCUT2D eigenvalue weighted by molar-refractivity contribution is -0.384. The molecule has 0 unspecified atom stereocenters. The number of carbonyl (C=O) groups excluding carboxylic acids is 1. The van der Waals surface area contributed by atoms with Crippen LogP contribution in [0.15, 0.2) is 53.4 Å². The maximum atomic E-state index is 13.0. The summed E-state index contributed by atoms with van der Waals surface area (Å²) < 4.78 is 34.7. The summed E-state index contributed by atoms with van der Waals surface area (Å²) in [6.45, 7) is 1.20. The van der Waals surface area contributed by atoms with Crippen LogP contribution < -0.4 is 10.5 Å². The Kier molecular flexibility index (Phi) is 9.02. The van der Waals surface area contributed by atoms with Crippen molar-refractivity contribution in [2.45, 2.75) is 30.2 Å². The van der Waals surface area contributed by atoms with E-state index in [-0.39, 0.29) is 35.5 Å². The number of nitro groups is 1. The number of non-ortho nitro benzene ring substituents is 1. The van der Waals surface area contributed by atoms with Crippen LogP contribution in [-0.2, 0) is 26.0 Å². The predicted molar refractivity (Wildman–Crippen MR) is 137 cm³/mol. The van der Waals surface area contributed by atoms with Crippen molar-refractivity contribution >= 4 is 50.2 Å². The van der Waals surface area contributed by atoms with Crippen LogP contribution in [0.5, 0.6) is 0 Å². The molecule has 0 saturated carbocycles. The number of nitrogens with zero attached hydrogens (tertiary/aromatic N) is 2. The largest absolute Gasteiger partial charge is 0.464 e. The van der Waals surface area contributed by atoms with Gasteiger partial charge < -0.3 is 15.4 Å². The summed E-state index contributed by atoms with van der Waals surface area (Å²) in [7, 11) is -4.04. The molecule has 4 N–H and O–H groups in total. The van der Waals surface area contributed by atoms with Crippen molar-refractivity contribution in [3.63, 3.8) is 0 Å². The van der Waals surface area contributed by atoms with Crippen LogP contribution in [0.1, 0.15) is 18.4 Å². The van der Waals surface area contributed by atoms with E-state index in [0.717, 1.165) is 16.4 Å². The molecule has 0 spiro atoms. The Labute approximate surface area is 216 Å². The number of sulfonamides is 1. The summed E-state index contributed by atoms with van der Waals surface area (Å²) in [4.78, 5) is 25.1. The minimum absolute atomic E-state index is 0.00351. The molecule has 3 rings (SSSR count). The van der Waals surface area contributed by atoms with Gasteiger partial charge in [0.05, 0.1) is 16.4 Å². The van der Waals surface area contributed by atoms with Crippen LogP contribution >= 0.6 is 22.6 Å². The fourth-order valence-corrected chi connectivity index (χ4v) is 5.30. The number of hydrogen-bond acceptors (Lipinski definition) is 7. The van der Waals surface area contributed by atoms with Crippen LogP contribution in [-0.4, -0.2) is 55.9 Å². The van der Waals surface area contributed by atoms with Crippen LogP contribution in [0.3, 0.4) is 0 Å². The number of piperidine rings is 1. The maximum absolute atomic E-state index is 13.0. The average molecular weight is 615 g/mol. The number of guanidine groups is 1. The highest BCUT2D eigenvalue weighted by molar-refractivity contribution is 14.1. The SMILES string of the molecule is N=C(N)N1CCC[C@@H](COC(=O)[C@@H](Cc2ccc([N+](=O)[O-])cc2)NS(=O)(=O)c2ccc(I)cc2)C1. The Morgan fingerprint density at radius 3 is 2.51 bits per heavy atom. The van der Waals surface area contributed by atoms with Crippen LogP contribution in [0.25, 0.3) is 0 Å². The lowest BCUT2D eigenvalue weighted by Crippen LogP contribution is -2.46. The topological polar surface area (TPSA) is 169 Å². The van der Waals surface area contributed by atoms with Gasteiger partial charge in [0.15, 0.2) is 5.96 Å². The number of nitrogens with one attached hydrogen (secondary N) is 2. The Morgan fingerprint density at radius 2 is 1.91 bits per heavy atom. The van der Waals surface area contributed by atoms with Crippen molar-refractivity contribution in [2.24, 2.45) is 11.7 Å². The van der Waals surface area contributed by atoms with Crippen molar-refractivity contribution in [3.05, 3.63) is 67.8 Å². The van der Waals surface area contributed by atoms with Crippen LogP contribution in [0.4, 0.5) is 5.69 Å². The molecule has 1 aliphatic heterocycles. The summed E-state index contributed by atoms with van der Waals surface area (Å²) in [5, 5.41) is 18.5. The zero-order chi connectivity index (χ0) is 25.6. The van der Waals surface area contributed by atoms with Gasteiger partial charge in [0.2, 0.25) is 10.0 Å². The molecular weight excluding hydrogens is 589 g/mol. The van der Waals surface area contributed by atoms with E-state index < -0.39 is 27.0 Å². The van der Waals surface area contributed by atoms with E-state index in [2.05, 4.69) is 27.3 Å². The Morgan fingerprint density at radius 1 is 1.26 bits per heavy atom. The molecule has 0 aromatic heterocycles. The predicted octanol–water partition coefficient (Wildman–Crippen LogP) is 2.24. The first-order valence-corrected chi connectivity index (χ1v) is 13.4. The van der Waals surface area contributed by atoms with Crippen molar-refractivity contribution < 1.29 is 22.9 Å². The zero-order valence-corrected chi connectivity index (χ0v) is 21.7. The summed E-state index contributed by atoms with van der Waals surface area (Å²) in [5.41, 5.74) is 5.98. The third-order valence-corrected chi connectivity index (χ3v) is 7.82. The number of esters is 1. The zero-order valence-electron chi connectivity index (χ0n) is 18.7. The number of rotatable bonds is 9. The Balaban J connectivity index is 1.75. The summed E-state index contributed by atoms with van der Waals surface area (Å²) in [5.74, 6) is -0.829. The highest BCUT2D eigenvalue weighted by atomic mass is 127. The van der Waals surface area contributed by atoms with E-state index in [1.807, 2.05) is 0 Å². The number of hydrogen-bond donors (Lipinski definition) is 3. The van der Waals surface area contributed by atoms with Crippen molar-refractivity contribution in [3.8, 4) is 0 Å². The summed E-state index contributed by atoms with van der Waals surface area (Å²) >= 11 is 2.06. The maximum Gasteiger partial charge on any atom is 0.324 e. The molecule has 1 heterocycles. The Bertz CT molecular complexity index is 1170. The molecule has 0 radical (unpaired) electrons. The van der Waals surface area contributed by atoms with Gasteiger partial charge in [0.1, 0.15) is 6.04 Å². The van der Waals surface area contributed by atoms with E-state index in [1.54, 1.807) is 17.0 Å². The van der Waals surface area contributed by atoms with E-state index in [9.17, 15) is 23.3 Å². The molecule has 35 heavy (non-hydrogen) atoms. The van der Waals surface area contributed by atoms with Crippen molar-refractivity contribution in [1.29, 1.82) is 5.41 Å². The van der Waals surface area contributed by atoms with Crippen LogP contribution in [0.2, 0.25) is 0 Å². The van der Waals surface area contributed by atoms with Crippen molar-refractivity contribution in [2.75, 3.05) is 19.7 Å². The number of nitrogens with two attached hydrogens (primary N) is 1. The lowest BCUT2D eigenvalue weighted by Gasteiger charge is -2.32. The molecule has 1 fully saturated rings. The first-order valence-electron chi connectivity index (χ1n) is 10.8. The number of likely N-dealkylation sites (tertiary alicyclic amines) is 1. The van der Waals surface area contributed by atoms with E-state index in [4.69, 9.17) is 15.9 Å². The summed E-state index contributed by atoms with van der Waals surface area (Å²) in [6.07, 6.45) is 1.54. The smallest absolute Gasteiger partial charge is 0.324 e. The van der Waals surface area contributed by atoms with Gasteiger partial charge in [-0.2, -0.15) is 4.72 Å².